The summed E-state index contributed by atoms with van der Waals surface area (Å²) in [4.78, 5) is 0. The van der Waals surface area contributed by atoms with Gasteiger partial charge in [-0.3, -0.25) is 0 Å². The zero-order valence-corrected chi connectivity index (χ0v) is 12.1. The molecule has 1 N–H and O–H groups in total. The standard InChI is InChI=1S/C16H24FNO/c1-4-10-18-14-9-8-12(11(14)2)13-6-5-7-15(19-3)16(13)17/h5-7,11-12,14,18H,4,8-10H2,1-3H3. The molecule has 0 radical (unpaired) electrons. The van der Waals surface area contributed by atoms with E-state index in [1.54, 1.807) is 6.07 Å². The smallest absolute Gasteiger partial charge is 0.168 e. The Labute approximate surface area is 115 Å². The normalized spacial score (nSPS) is 26.6. The van der Waals surface area contributed by atoms with Gasteiger partial charge in [-0.05, 0) is 49.3 Å². The summed E-state index contributed by atoms with van der Waals surface area (Å²) in [5.41, 5.74) is 0.813. The molecule has 2 rings (SSSR count). The highest BCUT2D eigenvalue weighted by Gasteiger charge is 2.35. The molecule has 0 amide bonds. The van der Waals surface area contributed by atoms with E-state index in [1.165, 1.54) is 7.11 Å². The van der Waals surface area contributed by atoms with Crippen LogP contribution >= 0.6 is 0 Å². The van der Waals surface area contributed by atoms with Crippen LogP contribution in [0, 0.1) is 11.7 Å². The minimum absolute atomic E-state index is 0.182. The van der Waals surface area contributed by atoms with Gasteiger partial charge in [0.15, 0.2) is 11.6 Å². The van der Waals surface area contributed by atoms with Gasteiger partial charge >= 0.3 is 0 Å². The van der Waals surface area contributed by atoms with Gasteiger partial charge in [-0.1, -0.05) is 26.0 Å². The Morgan fingerprint density at radius 2 is 2.16 bits per heavy atom. The quantitative estimate of drug-likeness (QED) is 0.876. The van der Waals surface area contributed by atoms with Gasteiger partial charge < -0.3 is 10.1 Å². The third-order valence-electron chi connectivity index (χ3n) is 4.33. The van der Waals surface area contributed by atoms with Crippen LogP contribution in [0.25, 0.3) is 0 Å². The van der Waals surface area contributed by atoms with Crippen molar-refractivity contribution in [3.63, 3.8) is 0 Å². The summed E-state index contributed by atoms with van der Waals surface area (Å²) in [5, 5.41) is 3.58. The minimum Gasteiger partial charge on any atom is -0.494 e. The van der Waals surface area contributed by atoms with E-state index in [-0.39, 0.29) is 5.82 Å². The Hall–Kier alpha value is -1.09. The van der Waals surface area contributed by atoms with Crippen LogP contribution in [0.1, 0.15) is 44.6 Å². The van der Waals surface area contributed by atoms with Crippen molar-refractivity contribution in [3.05, 3.63) is 29.6 Å². The van der Waals surface area contributed by atoms with Gasteiger partial charge in [0.05, 0.1) is 7.11 Å². The molecule has 19 heavy (non-hydrogen) atoms. The maximum absolute atomic E-state index is 14.3. The van der Waals surface area contributed by atoms with Crippen LogP contribution in [0.4, 0.5) is 4.39 Å². The van der Waals surface area contributed by atoms with E-state index in [9.17, 15) is 4.39 Å². The van der Waals surface area contributed by atoms with Crippen LogP contribution in [-0.2, 0) is 0 Å². The summed E-state index contributed by atoms with van der Waals surface area (Å²) in [6.45, 7) is 5.44. The van der Waals surface area contributed by atoms with Crippen molar-refractivity contribution in [1.29, 1.82) is 0 Å². The number of hydrogen-bond donors (Lipinski definition) is 1. The lowest BCUT2D eigenvalue weighted by molar-refractivity contribution is 0.371. The molecule has 3 unspecified atom stereocenters. The first-order chi connectivity index (χ1) is 9.19. The largest absolute Gasteiger partial charge is 0.494 e. The van der Waals surface area contributed by atoms with Crippen molar-refractivity contribution in [2.75, 3.05) is 13.7 Å². The third kappa shape index (κ3) is 2.92. The van der Waals surface area contributed by atoms with Gasteiger partial charge in [-0.15, -0.1) is 0 Å². The Bertz CT molecular complexity index is 421. The third-order valence-corrected chi connectivity index (χ3v) is 4.33. The lowest BCUT2D eigenvalue weighted by atomic mass is 9.88. The Kier molecular flexibility index (Phi) is 4.81. The highest BCUT2D eigenvalue weighted by atomic mass is 19.1. The van der Waals surface area contributed by atoms with Crippen molar-refractivity contribution in [3.8, 4) is 5.75 Å². The van der Waals surface area contributed by atoms with Gasteiger partial charge in [0.2, 0.25) is 0 Å². The van der Waals surface area contributed by atoms with E-state index < -0.39 is 0 Å². The maximum Gasteiger partial charge on any atom is 0.168 e. The second kappa shape index (κ2) is 6.38. The number of rotatable bonds is 5. The van der Waals surface area contributed by atoms with E-state index in [0.29, 0.717) is 23.6 Å². The molecule has 3 heteroatoms. The van der Waals surface area contributed by atoms with Gasteiger partial charge in [0, 0.05) is 6.04 Å². The Balaban J connectivity index is 2.15. The maximum atomic E-state index is 14.3. The molecule has 1 aliphatic carbocycles. The van der Waals surface area contributed by atoms with Gasteiger partial charge in [-0.25, -0.2) is 4.39 Å². The zero-order chi connectivity index (χ0) is 13.8. The first kappa shape index (κ1) is 14.3. The predicted molar refractivity (Wildman–Crippen MR) is 76.2 cm³/mol. The van der Waals surface area contributed by atoms with E-state index in [2.05, 4.69) is 19.2 Å². The molecule has 1 aromatic rings. The molecule has 1 aliphatic rings. The zero-order valence-electron chi connectivity index (χ0n) is 12.1. The number of halogens is 1. The van der Waals surface area contributed by atoms with Crippen LogP contribution in [0.5, 0.6) is 5.75 Å². The molecule has 0 bridgehead atoms. The number of benzene rings is 1. The first-order valence-corrected chi connectivity index (χ1v) is 7.24. The van der Waals surface area contributed by atoms with Crippen molar-refractivity contribution in [1.82, 2.24) is 5.32 Å². The second-order valence-corrected chi connectivity index (χ2v) is 5.47. The van der Waals surface area contributed by atoms with Crippen LogP contribution in [0.3, 0.4) is 0 Å². The fourth-order valence-corrected chi connectivity index (χ4v) is 3.19. The van der Waals surface area contributed by atoms with Gasteiger partial charge in [-0.2, -0.15) is 0 Å². The highest BCUT2D eigenvalue weighted by molar-refractivity contribution is 5.34. The topological polar surface area (TPSA) is 21.3 Å². The molecular weight excluding hydrogens is 241 g/mol. The average molecular weight is 265 g/mol. The SMILES string of the molecule is CCCNC1CCC(c2cccc(OC)c2F)C1C. The molecule has 3 atom stereocenters. The predicted octanol–water partition coefficient (Wildman–Crippen LogP) is 3.72. The molecule has 0 aromatic heterocycles. The second-order valence-electron chi connectivity index (χ2n) is 5.47. The number of methoxy groups -OCH3 is 1. The van der Waals surface area contributed by atoms with Gasteiger partial charge in [0.1, 0.15) is 0 Å². The monoisotopic (exact) mass is 265 g/mol. The summed E-state index contributed by atoms with van der Waals surface area (Å²) in [6, 6.07) is 5.99. The molecule has 0 saturated heterocycles. The molecule has 0 heterocycles. The average Bonchev–Trinajstić information content (AvgIpc) is 2.78. The van der Waals surface area contributed by atoms with E-state index >= 15 is 0 Å². The Morgan fingerprint density at radius 1 is 1.37 bits per heavy atom. The van der Waals surface area contributed by atoms with E-state index in [0.717, 1.165) is 31.4 Å². The van der Waals surface area contributed by atoms with Crippen molar-refractivity contribution >= 4 is 0 Å². The lowest BCUT2D eigenvalue weighted by Crippen LogP contribution is -2.32. The van der Waals surface area contributed by atoms with Crippen molar-refractivity contribution in [2.45, 2.75) is 45.1 Å². The fraction of sp³-hybridized carbons (Fsp3) is 0.625. The molecule has 2 nitrogen and oxygen atoms in total. The van der Waals surface area contributed by atoms with E-state index in [1.807, 2.05) is 12.1 Å². The lowest BCUT2D eigenvalue weighted by Gasteiger charge is -2.22. The summed E-state index contributed by atoms with van der Waals surface area (Å²) in [5.74, 6) is 0.935. The molecule has 106 valence electrons. The minimum atomic E-state index is -0.182. The number of nitrogens with one attached hydrogen (secondary N) is 1. The van der Waals surface area contributed by atoms with Crippen molar-refractivity contribution < 1.29 is 9.13 Å². The highest BCUT2D eigenvalue weighted by Crippen LogP contribution is 2.41. The van der Waals surface area contributed by atoms with Crippen LogP contribution in [-0.4, -0.2) is 19.7 Å². The fourth-order valence-electron chi connectivity index (χ4n) is 3.19. The molecular formula is C16H24FNO. The van der Waals surface area contributed by atoms with Crippen molar-refractivity contribution in [2.24, 2.45) is 5.92 Å². The van der Waals surface area contributed by atoms with E-state index in [4.69, 9.17) is 4.74 Å². The van der Waals surface area contributed by atoms with Crippen LogP contribution < -0.4 is 10.1 Å². The number of hydrogen-bond acceptors (Lipinski definition) is 2. The van der Waals surface area contributed by atoms with Gasteiger partial charge in [0.25, 0.3) is 0 Å². The van der Waals surface area contributed by atoms with Crippen LogP contribution in [0.15, 0.2) is 18.2 Å². The molecule has 1 saturated carbocycles. The molecule has 0 spiro atoms. The molecule has 0 aliphatic heterocycles. The summed E-state index contributed by atoms with van der Waals surface area (Å²) < 4.78 is 19.4. The molecule has 1 aromatic carbocycles. The number of ether oxygens (including phenoxy) is 1. The molecule has 1 fully saturated rings. The summed E-state index contributed by atoms with van der Waals surface area (Å²) in [7, 11) is 1.52. The first-order valence-electron chi connectivity index (χ1n) is 7.24. The van der Waals surface area contributed by atoms with Crippen LogP contribution in [0.2, 0.25) is 0 Å². The summed E-state index contributed by atoms with van der Waals surface area (Å²) >= 11 is 0. The Morgan fingerprint density at radius 3 is 2.84 bits per heavy atom. The summed E-state index contributed by atoms with van der Waals surface area (Å²) in [6.07, 6.45) is 3.32.